The Labute approximate surface area is 110 Å². The number of rotatable bonds is 9. The van der Waals surface area contributed by atoms with Crippen LogP contribution in [0.1, 0.15) is 19.8 Å². The third-order valence-electron chi connectivity index (χ3n) is 3.68. The fourth-order valence-corrected chi connectivity index (χ4v) is 2.35. The number of aliphatic hydroxyl groups excluding tert-OH is 2. The molecule has 0 spiro atoms. The van der Waals surface area contributed by atoms with Gasteiger partial charge in [-0.25, -0.2) is 0 Å². The summed E-state index contributed by atoms with van der Waals surface area (Å²) < 4.78 is 10.7. The predicted molar refractivity (Wildman–Crippen MR) is 69.6 cm³/mol. The van der Waals surface area contributed by atoms with Gasteiger partial charge in [-0.05, 0) is 19.4 Å². The van der Waals surface area contributed by atoms with Gasteiger partial charge in [0.2, 0.25) is 0 Å². The highest BCUT2D eigenvalue weighted by atomic mass is 16.5. The van der Waals surface area contributed by atoms with E-state index in [2.05, 4.69) is 11.8 Å². The predicted octanol–water partition coefficient (Wildman–Crippen LogP) is 0.106. The summed E-state index contributed by atoms with van der Waals surface area (Å²) in [6.45, 7) is 7.64. The lowest BCUT2D eigenvalue weighted by atomic mass is 9.80. The van der Waals surface area contributed by atoms with Gasteiger partial charge in [0, 0.05) is 31.7 Å². The minimum Gasteiger partial charge on any atom is -0.396 e. The van der Waals surface area contributed by atoms with Gasteiger partial charge in [-0.15, -0.1) is 0 Å². The highest BCUT2D eigenvalue weighted by molar-refractivity contribution is 4.84. The highest BCUT2D eigenvalue weighted by Gasteiger charge is 2.33. The third-order valence-corrected chi connectivity index (χ3v) is 3.68. The Bertz CT molecular complexity index is 207. The molecule has 0 atom stereocenters. The molecule has 0 aromatic carbocycles. The van der Waals surface area contributed by atoms with Crippen LogP contribution < -0.4 is 0 Å². The smallest absolute Gasteiger partial charge is 0.0698 e. The maximum absolute atomic E-state index is 9.65. The van der Waals surface area contributed by atoms with Crippen molar-refractivity contribution in [1.82, 2.24) is 4.90 Å². The minimum absolute atomic E-state index is 0.00869. The number of nitrogens with zero attached hydrogens (tertiary/aromatic N) is 1. The Morgan fingerprint density at radius 1 is 1.22 bits per heavy atom. The van der Waals surface area contributed by atoms with Crippen LogP contribution in [0.25, 0.3) is 0 Å². The van der Waals surface area contributed by atoms with Gasteiger partial charge in [0.05, 0.1) is 26.4 Å². The summed E-state index contributed by atoms with van der Waals surface area (Å²) in [4.78, 5) is 2.30. The van der Waals surface area contributed by atoms with Crippen molar-refractivity contribution in [2.24, 2.45) is 5.41 Å². The molecule has 5 heteroatoms. The van der Waals surface area contributed by atoms with Crippen LogP contribution in [0.3, 0.4) is 0 Å². The van der Waals surface area contributed by atoms with Crippen molar-refractivity contribution in [3.05, 3.63) is 0 Å². The molecular weight excluding hydrogens is 234 g/mol. The molecule has 1 rings (SSSR count). The van der Waals surface area contributed by atoms with E-state index in [-0.39, 0.29) is 18.6 Å². The lowest BCUT2D eigenvalue weighted by molar-refractivity contribution is -0.0373. The molecule has 0 aliphatic carbocycles. The van der Waals surface area contributed by atoms with Crippen molar-refractivity contribution in [2.45, 2.75) is 19.8 Å². The first-order chi connectivity index (χ1) is 8.76. The molecule has 0 aromatic rings. The van der Waals surface area contributed by atoms with Crippen LogP contribution in [0.4, 0.5) is 0 Å². The van der Waals surface area contributed by atoms with Gasteiger partial charge in [-0.2, -0.15) is 0 Å². The van der Waals surface area contributed by atoms with Crippen molar-refractivity contribution >= 4 is 0 Å². The van der Waals surface area contributed by atoms with Gasteiger partial charge < -0.3 is 24.6 Å². The fourth-order valence-electron chi connectivity index (χ4n) is 2.35. The normalized spacial score (nSPS) is 19.3. The van der Waals surface area contributed by atoms with Crippen LogP contribution in [-0.2, 0) is 9.47 Å². The molecule has 0 unspecified atom stereocenters. The average molecular weight is 261 g/mol. The van der Waals surface area contributed by atoms with Crippen molar-refractivity contribution in [3.63, 3.8) is 0 Å². The maximum Gasteiger partial charge on any atom is 0.0698 e. The van der Waals surface area contributed by atoms with E-state index in [1.165, 1.54) is 0 Å². The van der Waals surface area contributed by atoms with Crippen molar-refractivity contribution in [2.75, 3.05) is 59.3 Å². The second-order valence-corrected chi connectivity index (χ2v) is 4.98. The molecule has 1 aliphatic rings. The zero-order valence-electron chi connectivity index (χ0n) is 11.4. The van der Waals surface area contributed by atoms with E-state index in [0.29, 0.717) is 13.2 Å². The molecule has 0 amide bonds. The van der Waals surface area contributed by atoms with Crippen LogP contribution in [0, 0.1) is 5.41 Å². The molecule has 18 heavy (non-hydrogen) atoms. The lowest BCUT2D eigenvalue weighted by Gasteiger charge is -2.39. The Morgan fingerprint density at radius 2 is 1.94 bits per heavy atom. The Morgan fingerprint density at radius 3 is 2.50 bits per heavy atom. The average Bonchev–Trinajstić information content (AvgIpc) is 2.43. The lowest BCUT2D eigenvalue weighted by Crippen LogP contribution is -2.44. The van der Waals surface area contributed by atoms with E-state index in [4.69, 9.17) is 14.6 Å². The van der Waals surface area contributed by atoms with Gasteiger partial charge in [0.15, 0.2) is 0 Å². The van der Waals surface area contributed by atoms with E-state index < -0.39 is 0 Å². The van der Waals surface area contributed by atoms with Gasteiger partial charge in [-0.1, -0.05) is 6.92 Å². The summed E-state index contributed by atoms with van der Waals surface area (Å²) in [5.41, 5.74) is -0.00869. The zero-order chi connectivity index (χ0) is 13.3. The van der Waals surface area contributed by atoms with Gasteiger partial charge in [0.1, 0.15) is 0 Å². The summed E-state index contributed by atoms with van der Waals surface area (Å²) in [7, 11) is 0. The van der Waals surface area contributed by atoms with Gasteiger partial charge in [0.25, 0.3) is 0 Å². The van der Waals surface area contributed by atoms with Crippen LogP contribution in [0.5, 0.6) is 0 Å². The molecule has 1 aliphatic heterocycles. The second kappa shape index (κ2) is 8.82. The van der Waals surface area contributed by atoms with Crippen LogP contribution in [0.2, 0.25) is 0 Å². The largest absolute Gasteiger partial charge is 0.396 e. The fraction of sp³-hybridized carbons (Fsp3) is 1.00. The monoisotopic (exact) mass is 261 g/mol. The molecule has 5 nitrogen and oxygen atoms in total. The molecule has 0 aromatic heterocycles. The molecule has 1 fully saturated rings. The summed E-state index contributed by atoms with van der Waals surface area (Å²) in [5, 5.41) is 18.3. The Kier molecular flexibility index (Phi) is 7.77. The molecule has 0 bridgehead atoms. The molecule has 2 N–H and O–H groups in total. The SMILES string of the molecule is CCN(CCOCCO)CC1(CO)CCOCC1. The molecular formula is C13H27NO4. The molecule has 1 heterocycles. The van der Waals surface area contributed by atoms with Crippen molar-refractivity contribution in [1.29, 1.82) is 0 Å². The van der Waals surface area contributed by atoms with Crippen LogP contribution in [-0.4, -0.2) is 74.4 Å². The number of likely N-dealkylation sites (N-methyl/N-ethyl adjacent to an activating group) is 1. The van der Waals surface area contributed by atoms with E-state index in [1.807, 2.05) is 0 Å². The Hall–Kier alpha value is -0.200. The number of ether oxygens (including phenoxy) is 2. The van der Waals surface area contributed by atoms with E-state index in [1.54, 1.807) is 0 Å². The summed E-state index contributed by atoms with van der Waals surface area (Å²) in [5.74, 6) is 0. The standard InChI is InChI=1S/C13H27NO4/c1-2-14(5-9-18-10-6-15)11-13(12-16)3-7-17-8-4-13/h15-16H,2-12H2,1H3. The topological polar surface area (TPSA) is 62.2 Å². The van der Waals surface area contributed by atoms with E-state index in [0.717, 1.165) is 45.7 Å². The van der Waals surface area contributed by atoms with Gasteiger partial charge >= 0.3 is 0 Å². The summed E-state index contributed by atoms with van der Waals surface area (Å²) in [6.07, 6.45) is 1.86. The Balaban J connectivity index is 2.34. The van der Waals surface area contributed by atoms with E-state index >= 15 is 0 Å². The first-order valence-electron chi connectivity index (χ1n) is 6.86. The molecule has 108 valence electrons. The van der Waals surface area contributed by atoms with E-state index in [9.17, 15) is 5.11 Å². The minimum atomic E-state index is -0.00869. The van der Waals surface area contributed by atoms with Gasteiger partial charge in [-0.3, -0.25) is 0 Å². The number of aliphatic hydroxyl groups is 2. The molecule has 1 saturated heterocycles. The first kappa shape index (κ1) is 15.9. The zero-order valence-corrected chi connectivity index (χ0v) is 11.4. The summed E-state index contributed by atoms with van der Waals surface area (Å²) >= 11 is 0. The molecule has 0 saturated carbocycles. The van der Waals surface area contributed by atoms with Crippen molar-refractivity contribution < 1.29 is 19.7 Å². The van der Waals surface area contributed by atoms with Crippen LogP contribution >= 0.6 is 0 Å². The quantitative estimate of drug-likeness (QED) is 0.577. The third kappa shape index (κ3) is 5.20. The molecule has 0 radical (unpaired) electrons. The summed E-state index contributed by atoms with van der Waals surface area (Å²) in [6, 6.07) is 0. The second-order valence-electron chi connectivity index (χ2n) is 4.98. The highest BCUT2D eigenvalue weighted by Crippen LogP contribution is 2.30. The number of hydrogen-bond acceptors (Lipinski definition) is 5. The van der Waals surface area contributed by atoms with Crippen molar-refractivity contribution in [3.8, 4) is 0 Å². The maximum atomic E-state index is 9.65. The number of hydrogen-bond donors (Lipinski definition) is 2. The first-order valence-corrected chi connectivity index (χ1v) is 6.86. The van der Waals surface area contributed by atoms with Crippen LogP contribution in [0.15, 0.2) is 0 Å².